The highest BCUT2D eigenvalue weighted by atomic mass is 32.2. The summed E-state index contributed by atoms with van der Waals surface area (Å²) in [6.45, 7) is 11.5. The van der Waals surface area contributed by atoms with Gasteiger partial charge in [-0.25, -0.2) is 13.1 Å². The number of piperazine rings is 1. The quantitative estimate of drug-likeness (QED) is 0.741. The van der Waals surface area contributed by atoms with E-state index in [1.165, 1.54) is 0 Å². The number of aromatic nitrogens is 4. The Labute approximate surface area is 161 Å². The van der Waals surface area contributed by atoms with Gasteiger partial charge in [-0.05, 0) is 48.7 Å². The Hall–Kier alpha value is -1.84. The molecule has 1 saturated heterocycles. The lowest BCUT2D eigenvalue weighted by molar-refractivity contribution is 0.175. The zero-order valence-electron chi connectivity index (χ0n) is 16.5. The molecule has 0 N–H and O–H groups in total. The van der Waals surface area contributed by atoms with E-state index in [4.69, 9.17) is 0 Å². The smallest absolute Gasteiger partial charge is 0.243 e. The Kier molecular flexibility index (Phi) is 5.92. The maximum Gasteiger partial charge on any atom is 0.243 e. The van der Waals surface area contributed by atoms with Gasteiger partial charge >= 0.3 is 0 Å². The zero-order valence-corrected chi connectivity index (χ0v) is 17.3. The van der Waals surface area contributed by atoms with Gasteiger partial charge in [-0.2, -0.15) is 4.31 Å². The van der Waals surface area contributed by atoms with Crippen molar-refractivity contribution in [3.63, 3.8) is 0 Å². The fourth-order valence-corrected chi connectivity index (χ4v) is 5.59. The highest BCUT2D eigenvalue weighted by molar-refractivity contribution is 7.89. The molecule has 148 valence electrons. The van der Waals surface area contributed by atoms with Crippen molar-refractivity contribution < 1.29 is 8.42 Å². The summed E-state index contributed by atoms with van der Waals surface area (Å²) >= 11 is 0. The average molecular weight is 393 g/mol. The summed E-state index contributed by atoms with van der Waals surface area (Å²) in [5, 5.41) is 11.9. The monoisotopic (exact) mass is 392 g/mol. The van der Waals surface area contributed by atoms with Gasteiger partial charge in [0.05, 0.1) is 11.4 Å². The molecule has 2 heterocycles. The molecule has 0 amide bonds. The van der Waals surface area contributed by atoms with E-state index < -0.39 is 10.0 Å². The minimum Gasteiger partial charge on any atom is -0.293 e. The van der Waals surface area contributed by atoms with Gasteiger partial charge in [-0.3, -0.25) is 4.90 Å². The molecule has 1 aliphatic rings. The van der Waals surface area contributed by atoms with Gasteiger partial charge in [0.2, 0.25) is 10.0 Å². The van der Waals surface area contributed by atoms with Gasteiger partial charge in [0.25, 0.3) is 0 Å². The van der Waals surface area contributed by atoms with Gasteiger partial charge < -0.3 is 0 Å². The van der Waals surface area contributed by atoms with Crippen LogP contribution in [0.4, 0.5) is 0 Å². The second kappa shape index (κ2) is 8.04. The molecule has 1 aromatic carbocycles. The summed E-state index contributed by atoms with van der Waals surface area (Å²) in [7, 11) is -3.48. The molecule has 1 aliphatic heterocycles. The van der Waals surface area contributed by atoms with E-state index in [-0.39, 0.29) is 0 Å². The van der Waals surface area contributed by atoms with E-state index in [2.05, 4.69) is 27.3 Å². The number of hydrogen-bond donors (Lipinski definition) is 0. The van der Waals surface area contributed by atoms with E-state index in [9.17, 15) is 8.42 Å². The lowest BCUT2D eigenvalue weighted by atomic mass is 10.1. The third-order valence-corrected chi connectivity index (χ3v) is 7.15. The van der Waals surface area contributed by atoms with Crippen molar-refractivity contribution in [2.75, 3.05) is 26.2 Å². The first kappa shape index (κ1) is 19.9. The first-order chi connectivity index (χ1) is 12.8. The Morgan fingerprint density at radius 1 is 1.04 bits per heavy atom. The fourth-order valence-electron chi connectivity index (χ4n) is 3.75. The molecule has 9 heteroatoms. The van der Waals surface area contributed by atoms with Gasteiger partial charge in [0.1, 0.15) is 0 Å². The zero-order chi connectivity index (χ0) is 19.6. The van der Waals surface area contributed by atoms with Crippen molar-refractivity contribution in [2.24, 2.45) is 0 Å². The standard InChI is InChI=1S/C18H28N6O2S/c1-5-6-24-17(19-20-21-24)13-22-7-9-23(10-8-22)27(25,26)18-15(3)11-14(2)12-16(18)4/h11-12H,5-10,13H2,1-4H3. The van der Waals surface area contributed by atoms with E-state index >= 15 is 0 Å². The number of hydrogen-bond acceptors (Lipinski definition) is 6. The highest BCUT2D eigenvalue weighted by Crippen LogP contribution is 2.26. The van der Waals surface area contributed by atoms with Crippen LogP contribution in [0.1, 0.15) is 35.9 Å². The largest absolute Gasteiger partial charge is 0.293 e. The van der Waals surface area contributed by atoms with Crippen LogP contribution in [-0.2, 0) is 23.1 Å². The van der Waals surface area contributed by atoms with E-state index in [0.29, 0.717) is 37.6 Å². The van der Waals surface area contributed by atoms with Crippen molar-refractivity contribution in [1.29, 1.82) is 0 Å². The number of rotatable bonds is 6. The number of nitrogens with zero attached hydrogens (tertiary/aromatic N) is 6. The Bertz CT molecular complexity index is 877. The van der Waals surface area contributed by atoms with E-state index in [1.54, 1.807) is 4.31 Å². The summed E-state index contributed by atoms with van der Waals surface area (Å²) in [5.41, 5.74) is 2.71. The molecule has 2 aromatic rings. The van der Waals surface area contributed by atoms with Crippen LogP contribution in [0.3, 0.4) is 0 Å². The molecule has 0 atom stereocenters. The molecule has 27 heavy (non-hydrogen) atoms. The summed E-state index contributed by atoms with van der Waals surface area (Å²) in [4.78, 5) is 2.66. The van der Waals surface area contributed by atoms with Gasteiger partial charge in [0, 0.05) is 32.7 Å². The van der Waals surface area contributed by atoms with Crippen LogP contribution < -0.4 is 0 Å². The maximum atomic E-state index is 13.2. The predicted molar refractivity (Wildman–Crippen MR) is 103 cm³/mol. The summed E-state index contributed by atoms with van der Waals surface area (Å²) < 4.78 is 29.8. The van der Waals surface area contributed by atoms with Crippen LogP contribution in [-0.4, -0.2) is 64.0 Å². The van der Waals surface area contributed by atoms with Gasteiger partial charge in [-0.15, -0.1) is 5.10 Å². The lowest BCUT2D eigenvalue weighted by Gasteiger charge is -2.34. The molecule has 0 saturated carbocycles. The van der Waals surface area contributed by atoms with Gasteiger partial charge in [-0.1, -0.05) is 24.6 Å². The Morgan fingerprint density at radius 2 is 1.67 bits per heavy atom. The van der Waals surface area contributed by atoms with Crippen LogP contribution in [0.25, 0.3) is 0 Å². The van der Waals surface area contributed by atoms with Crippen LogP contribution in [0.15, 0.2) is 17.0 Å². The highest BCUT2D eigenvalue weighted by Gasteiger charge is 2.31. The molecule has 3 rings (SSSR count). The maximum absolute atomic E-state index is 13.2. The second-order valence-electron chi connectivity index (χ2n) is 7.23. The third kappa shape index (κ3) is 4.20. The van der Waals surface area contributed by atoms with Crippen molar-refractivity contribution in [3.8, 4) is 0 Å². The molecule has 1 fully saturated rings. The molecule has 0 bridgehead atoms. The van der Waals surface area contributed by atoms with Crippen LogP contribution in [0.2, 0.25) is 0 Å². The molecule has 8 nitrogen and oxygen atoms in total. The fraction of sp³-hybridized carbons (Fsp3) is 0.611. The summed E-state index contributed by atoms with van der Waals surface area (Å²) in [6, 6.07) is 3.87. The summed E-state index contributed by atoms with van der Waals surface area (Å²) in [6.07, 6.45) is 0.972. The Morgan fingerprint density at radius 3 is 2.26 bits per heavy atom. The first-order valence-electron chi connectivity index (χ1n) is 9.38. The molecule has 0 spiro atoms. The molecule has 0 unspecified atom stereocenters. The van der Waals surface area contributed by atoms with Crippen LogP contribution >= 0.6 is 0 Å². The number of benzene rings is 1. The predicted octanol–water partition coefficient (Wildman–Crippen LogP) is 1.51. The number of tetrazole rings is 1. The minimum atomic E-state index is -3.48. The van der Waals surface area contributed by atoms with Crippen molar-refractivity contribution in [1.82, 2.24) is 29.4 Å². The second-order valence-corrected chi connectivity index (χ2v) is 9.10. The topological polar surface area (TPSA) is 84.2 Å². The molecular formula is C18H28N6O2S. The molecule has 1 aromatic heterocycles. The molecule has 0 aliphatic carbocycles. The molecular weight excluding hydrogens is 364 g/mol. The van der Waals surface area contributed by atoms with Gasteiger partial charge in [0.15, 0.2) is 5.82 Å². The lowest BCUT2D eigenvalue weighted by Crippen LogP contribution is -2.48. The summed E-state index contributed by atoms with van der Waals surface area (Å²) in [5.74, 6) is 0.832. The van der Waals surface area contributed by atoms with Crippen molar-refractivity contribution in [2.45, 2.75) is 52.1 Å². The third-order valence-electron chi connectivity index (χ3n) is 4.94. The first-order valence-corrected chi connectivity index (χ1v) is 10.8. The number of sulfonamides is 1. The van der Waals surface area contributed by atoms with E-state index in [0.717, 1.165) is 35.5 Å². The minimum absolute atomic E-state index is 0.452. The Balaban J connectivity index is 1.69. The normalized spacial score (nSPS) is 16.7. The number of aryl methyl sites for hydroxylation is 4. The molecule has 0 radical (unpaired) electrons. The van der Waals surface area contributed by atoms with Crippen molar-refractivity contribution in [3.05, 3.63) is 34.6 Å². The average Bonchev–Trinajstić information content (AvgIpc) is 3.01. The van der Waals surface area contributed by atoms with Crippen LogP contribution in [0, 0.1) is 20.8 Å². The van der Waals surface area contributed by atoms with E-state index in [1.807, 2.05) is 37.6 Å². The van der Waals surface area contributed by atoms with Crippen LogP contribution in [0.5, 0.6) is 0 Å². The van der Waals surface area contributed by atoms with Crippen molar-refractivity contribution >= 4 is 10.0 Å². The SMILES string of the molecule is CCCn1nnnc1CN1CCN(S(=O)(=O)c2c(C)cc(C)cc2C)CC1.